The van der Waals surface area contributed by atoms with Crippen LogP contribution >= 0.6 is 11.9 Å². The largest absolute Gasteiger partial charge is 0.380 e. The summed E-state index contributed by atoms with van der Waals surface area (Å²) in [7, 11) is 0. The van der Waals surface area contributed by atoms with Crippen molar-refractivity contribution in [2.24, 2.45) is 0 Å². The molecule has 1 N–H and O–H groups in total. The van der Waals surface area contributed by atoms with Crippen LogP contribution in [-0.4, -0.2) is 21.5 Å². The van der Waals surface area contributed by atoms with Crippen molar-refractivity contribution < 1.29 is 0 Å². The van der Waals surface area contributed by atoms with E-state index in [0.717, 1.165) is 11.7 Å². The molecule has 1 saturated carbocycles. The Morgan fingerprint density at radius 2 is 2.55 bits per heavy atom. The van der Waals surface area contributed by atoms with E-state index >= 15 is 0 Å². The summed E-state index contributed by atoms with van der Waals surface area (Å²) < 4.78 is 1.85. The fourth-order valence-corrected chi connectivity index (χ4v) is 1.30. The van der Waals surface area contributed by atoms with Crippen molar-refractivity contribution in [2.45, 2.75) is 18.9 Å². The molecule has 3 nitrogen and oxygen atoms in total. The van der Waals surface area contributed by atoms with Gasteiger partial charge in [0.05, 0.1) is 18.1 Å². The van der Waals surface area contributed by atoms with Crippen LogP contribution in [-0.2, 0) is 0 Å². The molecule has 0 aromatic carbocycles. The highest BCUT2D eigenvalue weighted by Gasteiger charge is 2.20. The van der Waals surface area contributed by atoms with Crippen LogP contribution in [0.25, 0.3) is 0 Å². The second-order valence-electron chi connectivity index (χ2n) is 2.73. The number of nitrogens with zero attached hydrogens (tertiary/aromatic N) is 2. The van der Waals surface area contributed by atoms with E-state index in [4.69, 9.17) is 0 Å². The highest BCUT2D eigenvalue weighted by Crippen LogP contribution is 2.24. The third-order valence-corrected chi connectivity index (χ3v) is 2.27. The van der Waals surface area contributed by atoms with Crippen molar-refractivity contribution >= 4 is 17.6 Å². The first kappa shape index (κ1) is 7.03. The van der Waals surface area contributed by atoms with Crippen LogP contribution in [0.2, 0.25) is 0 Å². The standard InChI is InChI=1S/C7H11N3S/c1-11-10-5-7(4-8-10)9-6-2-3-6/h4-6,9H,2-3H2,1H3. The van der Waals surface area contributed by atoms with Gasteiger partial charge in [-0.1, -0.05) is 0 Å². The predicted octanol–water partition coefficient (Wildman–Crippen LogP) is 1.58. The summed E-state index contributed by atoms with van der Waals surface area (Å²) in [5.74, 6) is 0. The van der Waals surface area contributed by atoms with Crippen molar-refractivity contribution in [3.8, 4) is 0 Å². The van der Waals surface area contributed by atoms with Crippen LogP contribution in [0, 0.1) is 0 Å². The summed E-state index contributed by atoms with van der Waals surface area (Å²) in [6, 6.07) is 0.717. The van der Waals surface area contributed by atoms with Gasteiger partial charge in [-0.2, -0.15) is 5.10 Å². The van der Waals surface area contributed by atoms with E-state index in [2.05, 4.69) is 10.4 Å². The summed E-state index contributed by atoms with van der Waals surface area (Å²) in [4.78, 5) is 0. The zero-order valence-corrected chi connectivity index (χ0v) is 7.27. The molecule has 0 unspecified atom stereocenters. The maximum Gasteiger partial charge on any atom is 0.0740 e. The van der Waals surface area contributed by atoms with E-state index in [9.17, 15) is 0 Å². The first-order valence-corrected chi connectivity index (χ1v) is 4.92. The maximum atomic E-state index is 4.13. The topological polar surface area (TPSA) is 29.9 Å². The van der Waals surface area contributed by atoms with Gasteiger partial charge in [0.2, 0.25) is 0 Å². The van der Waals surface area contributed by atoms with Gasteiger partial charge in [-0.25, -0.2) is 4.09 Å². The second kappa shape index (κ2) is 2.77. The highest BCUT2D eigenvalue weighted by atomic mass is 32.2. The first-order valence-electron chi connectivity index (χ1n) is 3.74. The zero-order valence-electron chi connectivity index (χ0n) is 6.45. The molecule has 1 fully saturated rings. The van der Waals surface area contributed by atoms with Crippen LogP contribution < -0.4 is 5.32 Å². The lowest BCUT2D eigenvalue weighted by Crippen LogP contribution is -1.98. The van der Waals surface area contributed by atoms with E-state index in [0.29, 0.717) is 0 Å². The summed E-state index contributed by atoms with van der Waals surface area (Å²) in [5, 5.41) is 7.51. The minimum Gasteiger partial charge on any atom is -0.380 e. The first-order chi connectivity index (χ1) is 5.38. The fraction of sp³-hybridized carbons (Fsp3) is 0.571. The molecule has 0 radical (unpaired) electrons. The molecule has 0 saturated heterocycles. The molecule has 0 aliphatic heterocycles. The lowest BCUT2D eigenvalue weighted by Gasteiger charge is -1.96. The molecule has 60 valence electrons. The third-order valence-electron chi connectivity index (χ3n) is 1.70. The molecule has 1 heterocycles. The Kier molecular flexibility index (Phi) is 1.77. The molecular formula is C7H11N3S. The van der Waals surface area contributed by atoms with E-state index in [-0.39, 0.29) is 0 Å². The predicted molar refractivity (Wildman–Crippen MR) is 47.8 cm³/mol. The van der Waals surface area contributed by atoms with Gasteiger partial charge in [0.25, 0.3) is 0 Å². The number of hydrogen-bond donors (Lipinski definition) is 1. The van der Waals surface area contributed by atoms with Crippen LogP contribution in [0.1, 0.15) is 12.8 Å². The lowest BCUT2D eigenvalue weighted by molar-refractivity contribution is 1.01. The molecule has 2 rings (SSSR count). The van der Waals surface area contributed by atoms with Crippen molar-refractivity contribution in [3.63, 3.8) is 0 Å². The molecule has 0 atom stereocenters. The monoisotopic (exact) mass is 169 g/mol. The number of anilines is 1. The molecule has 1 aromatic heterocycles. The summed E-state index contributed by atoms with van der Waals surface area (Å²) in [5.41, 5.74) is 1.14. The van der Waals surface area contributed by atoms with Gasteiger partial charge < -0.3 is 5.32 Å². The van der Waals surface area contributed by atoms with Gasteiger partial charge in [-0.3, -0.25) is 0 Å². The summed E-state index contributed by atoms with van der Waals surface area (Å²) in [6.07, 6.45) is 8.51. The van der Waals surface area contributed by atoms with Gasteiger partial charge in [-0.05, 0) is 24.8 Å². The second-order valence-corrected chi connectivity index (χ2v) is 3.47. The maximum absolute atomic E-state index is 4.13. The van der Waals surface area contributed by atoms with E-state index in [1.54, 1.807) is 11.9 Å². The van der Waals surface area contributed by atoms with Gasteiger partial charge >= 0.3 is 0 Å². The summed E-state index contributed by atoms with van der Waals surface area (Å²) >= 11 is 1.60. The van der Waals surface area contributed by atoms with Crippen molar-refractivity contribution in [1.29, 1.82) is 0 Å². The van der Waals surface area contributed by atoms with Crippen LogP contribution in [0.4, 0.5) is 5.69 Å². The smallest absolute Gasteiger partial charge is 0.0740 e. The van der Waals surface area contributed by atoms with Crippen molar-refractivity contribution in [2.75, 3.05) is 11.6 Å². The quantitative estimate of drug-likeness (QED) is 0.745. The molecule has 1 aromatic rings. The van der Waals surface area contributed by atoms with Gasteiger partial charge in [0.15, 0.2) is 0 Å². The fourth-order valence-electron chi connectivity index (χ4n) is 0.943. The molecular weight excluding hydrogens is 158 g/mol. The normalized spacial score (nSPS) is 16.8. The van der Waals surface area contributed by atoms with Gasteiger partial charge in [0.1, 0.15) is 0 Å². The van der Waals surface area contributed by atoms with Crippen LogP contribution in [0.3, 0.4) is 0 Å². The molecule has 11 heavy (non-hydrogen) atoms. The Labute approximate surface area is 70.3 Å². The summed E-state index contributed by atoms with van der Waals surface area (Å²) in [6.45, 7) is 0. The number of aromatic nitrogens is 2. The van der Waals surface area contributed by atoms with E-state index in [1.165, 1.54) is 12.8 Å². The molecule has 0 amide bonds. The SMILES string of the molecule is CSn1cc(NC2CC2)cn1. The molecule has 0 bridgehead atoms. The Bertz CT molecular complexity index is 242. The Morgan fingerprint density at radius 3 is 3.09 bits per heavy atom. The lowest BCUT2D eigenvalue weighted by atomic mass is 10.5. The molecule has 1 aliphatic carbocycles. The van der Waals surface area contributed by atoms with Gasteiger partial charge in [-0.15, -0.1) is 0 Å². The van der Waals surface area contributed by atoms with E-state index in [1.807, 2.05) is 22.7 Å². The van der Waals surface area contributed by atoms with E-state index < -0.39 is 0 Å². The average Bonchev–Trinajstić information content (AvgIpc) is 2.68. The minimum atomic E-state index is 0.717. The van der Waals surface area contributed by atoms with Crippen LogP contribution in [0.15, 0.2) is 12.4 Å². The van der Waals surface area contributed by atoms with Crippen molar-refractivity contribution in [1.82, 2.24) is 9.19 Å². The number of hydrogen-bond acceptors (Lipinski definition) is 3. The molecule has 0 spiro atoms. The minimum absolute atomic E-state index is 0.717. The number of nitrogens with one attached hydrogen (secondary N) is 1. The highest BCUT2D eigenvalue weighted by molar-refractivity contribution is 7.97. The van der Waals surface area contributed by atoms with Crippen molar-refractivity contribution in [3.05, 3.63) is 12.4 Å². The Balaban J connectivity index is 1.99. The van der Waals surface area contributed by atoms with Crippen LogP contribution in [0.5, 0.6) is 0 Å². The Hall–Kier alpha value is -0.640. The average molecular weight is 169 g/mol. The zero-order chi connectivity index (χ0) is 7.68. The number of rotatable bonds is 3. The Morgan fingerprint density at radius 1 is 1.73 bits per heavy atom. The van der Waals surface area contributed by atoms with Gasteiger partial charge in [0, 0.05) is 12.3 Å². The molecule has 4 heteroatoms. The molecule has 1 aliphatic rings. The third kappa shape index (κ3) is 1.68.